The van der Waals surface area contributed by atoms with Crippen LogP contribution in [0.25, 0.3) is 11.4 Å². The maximum absolute atomic E-state index is 13.2. The van der Waals surface area contributed by atoms with Gasteiger partial charge in [-0.2, -0.15) is 28.1 Å². The summed E-state index contributed by atoms with van der Waals surface area (Å²) >= 11 is 0. The molecule has 2 N–H and O–H groups in total. The van der Waals surface area contributed by atoms with E-state index in [1.54, 1.807) is 36.4 Å². The number of halogens is 4. The van der Waals surface area contributed by atoms with Gasteiger partial charge in [-0.1, -0.05) is 24.3 Å². The van der Waals surface area contributed by atoms with Crippen LogP contribution in [-0.2, 0) is 11.3 Å². The van der Waals surface area contributed by atoms with Crippen LogP contribution in [0.5, 0.6) is 6.01 Å². The molecular formula is C26H28F4N6O3. The van der Waals surface area contributed by atoms with Crippen molar-refractivity contribution in [1.29, 1.82) is 0 Å². The molecule has 1 aromatic heterocycles. The van der Waals surface area contributed by atoms with Gasteiger partial charge in [0.1, 0.15) is 5.82 Å². The van der Waals surface area contributed by atoms with Crippen molar-refractivity contribution in [3.05, 3.63) is 65.5 Å². The van der Waals surface area contributed by atoms with Crippen molar-refractivity contribution < 1.29 is 31.8 Å². The third-order valence-corrected chi connectivity index (χ3v) is 5.79. The number of rotatable bonds is 11. The number of carbonyl (C=O) groups excluding carboxylic acids is 1. The van der Waals surface area contributed by atoms with Crippen LogP contribution in [-0.4, -0.2) is 77.9 Å². The Balaban J connectivity index is 1.40. The quantitative estimate of drug-likeness (QED) is 0.277. The van der Waals surface area contributed by atoms with E-state index in [4.69, 9.17) is 9.47 Å². The van der Waals surface area contributed by atoms with Gasteiger partial charge in [-0.15, -0.1) is 0 Å². The normalized spacial score (nSPS) is 14.2. The predicted molar refractivity (Wildman–Crippen MR) is 135 cm³/mol. The number of ether oxygens (including phenoxy) is 2. The smallest absolute Gasteiger partial charge is 0.422 e. The maximum Gasteiger partial charge on any atom is 0.422 e. The number of alkyl halides is 3. The fourth-order valence-corrected chi connectivity index (χ4v) is 3.76. The fraction of sp³-hybridized carbons (Fsp3) is 0.385. The lowest BCUT2D eigenvalue weighted by molar-refractivity contribution is -0.154. The Kier molecular flexibility index (Phi) is 9.60. The molecule has 0 bridgehead atoms. The van der Waals surface area contributed by atoms with Crippen molar-refractivity contribution in [3.63, 3.8) is 0 Å². The summed E-state index contributed by atoms with van der Waals surface area (Å²) in [5.74, 6) is -0.603. The lowest BCUT2D eigenvalue weighted by Gasteiger charge is -2.26. The maximum atomic E-state index is 13.2. The lowest BCUT2D eigenvalue weighted by Crippen LogP contribution is -2.38. The highest BCUT2D eigenvalue weighted by atomic mass is 19.4. The number of nitrogens with one attached hydrogen (secondary N) is 2. The van der Waals surface area contributed by atoms with E-state index in [2.05, 4.69) is 30.5 Å². The molecule has 208 valence electrons. The van der Waals surface area contributed by atoms with Crippen molar-refractivity contribution in [1.82, 2.24) is 25.2 Å². The van der Waals surface area contributed by atoms with Crippen molar-refractivity contribution in [3.8, 4) is 17.4 Å². The van der Waals surface area contributed by atoms with Crippen molar-refractivity contribution in [2.45, 2.75) is 19.1 Å². The fourth-order valence-electron chi connectivity index (χ4n) is 3.76. The Morgan fingerprint density at radius 2 is 1.72 bits per heavy atom. The Morgan fingerprint density at radius 1 is 1.00 bits per heavy atom. The van der Waals surface area contributed by atoms with Gasteiger partial charge in [0.05, 0.1) is 13.2 Å². The number of hydrogen-bond acceptors (Lipinski definition) is 8. The van der Waals surface area contributed by atoms with E-state index in [0.29, 0.717) is 23.2 Å². The van der Waals surface area contributed by atoms with Gasteiger partial charge in [-0.05, 0) is 42.8 Å². The molecule has 9 nitrogen and oxygen atoms in total. The summed E-state index contributed by atoms with van der Waals surface area (Å²) < 4.78 is 61.4. The first-order valence-electron chi connectivity index (χ1n) is 12.4. The molecule has 2 heterocycles. The average Bonchev–Trinajstić information content (AvgIpc) is 2.94. The molecule has 2 aromatic carbocycles. The third kappa shape index (κ3) is 9.14. The molecule has 0 unspecified atom stereocenters. The van der Waals surface area contributed by atoms with Crippen LogP contribution in [0.1, 0.15) is 22.3 Å². The minimum Gasteiger partial charge on any atom is -0.454 e. The zero-order chi connectivity index (χ0) is 27.7. The van der Waals surface area contributed by atoms with Gasteiger partial charge in [0.25, 0.3) is 5.91 Å². The summed E-state index contributed by atoms with van der Waals surface area (Å²) in [6.45, 7) is 3.24. The molecule has 0 saturated carbocycles. The molecule has 1 fully saturated rings. The van der Waals surface area contributed by atoms with Crippen molar-refractivity contribution in [2.75, 3.05) is 51.3 Å². The first-order valence-corrected chi connectivity index (χ1v) is 12.4. The first kappa shape index (κ1) is 28.2. The highest BCUT2D eigenvalue weighted by molar-refractivity contribution is 5.94. The Morgan fingerprint density at radius 3 is 2.41 bits per heavy atom. The van der Waals surface area contributed by atoms with E-state index in [1.165, 1.54) is 12.1 Å². The third-order valence-electron chi connectivity index (χ3n) is 5.79. The van der Waals surface area contributed by atoms with Crippen LogP contribution in [0.15, 0.2) is 48.5 Å². The molecule has 39 heavy (non-hydrogen) atoms. The largest absolute Gasteiger partial charge is 0.454 e. The molecule has 1 saturated heterocycles. The second-order valence-electron chi connectivity index (χ2n) is 8.79. The van der Waals surface area contributed by atoms with Crippen molar-refractivity contribution >= 4 is 11.9 Å². The zero-order valence-corrected chi connectivity index (χ0v) is 21.0. The van der Waals surface area contributed by atoms with Gasteiger partial charge in [0.2, 0.25) is 5.95 Å². The molecular weight excluding hydrogens is 520 g/mol. The van der Waals surface area contributed by atoms with E-state index in [9.17, 15) is 22.4 Å². The summed E-state index contributed by atoms with van der Waals surface area (Å²) in [7, 11) is 0. The van der Waals surface area contributed by atoms with Gasteiger partial charge in [0, 0.05) is 37.3 Å². The van der Waals surface area contributed by atoms with Gasteiger partial charge >= 0.3 is 12.2 Å². The Labute approximate surface area is 222 Å². The van der Waals surface area contributed by atoms with E-state index in [-0.39, 0.29) is 24.2 Å². The number of amides is 1. The Hall–Kier alpha value is -3.84. The van der Waals surface area contributed by atoms with Crippen LogP contribution in [0.2, 0.25) is 0 Å². The van der Waals surface area contributed by atoms with E-state index >= 15 is 0 Å². The topological polar surface area (TPSA) is 102 Å². The molecule has 0 radical (unpaired) electrons. The summed E-state index contributed by atoms with van der Waals surface area (Å²) in [5.41, 5.74) is 1.57. The molecule has 0 spiro atoms. The molecule has 13 heteroatoms. The standard InChI is InChI=1S/C26H28F4N6O3/c27-21-8-2-18(3-9-21)16-32-24-33-22(34-25(35-24)39-17-26(28,29)30)19-4-6-20(7-5-19)23(37)31-10-1-11-36-12-14-38-15-13-36/h2-9H,1,10-17H2,(H,31,37)(H,32,33,34,35). The summed E-state index contributed by atoms with van der Waals surface area (Å²) in [5, 5.41) is 5.77. The molecule has 1 aliphatic heterocycles. The molecule has 0 atom stereocenters. The highest BCUT2D eigenvalue weighted by Gasteiger charge is 2.29. The number of aromatic nitrogens is 3. The number of carbonyl (C=O) groups is 1. The van der Waals surface area contributed by atoms with Gasteiger partial charge < -0.3 is 20.1 Å². The van der Waals surface area contributed by atoms with E-state index < -0.39 is 24.6 Å². The summed E-state index contributed by atoms with van der Waals surface area (Å²) in [4.78, 5) is 27.0. The minimum absolute atomic E-state index is 0.0245. The number of hydrogen-bond donors (Lipinski definition) is 2. The van der Waals surface area contributed by atoms with Crippen molar-refractivity contribution in [2.24, 2.45) is 0 Å². The second-order valence-corrected chi connectivity index (χ2v) is 8.79. The van der Waals surface area contributed by atoms with E-state index in [1.807, 2.05) is 0 Å². The average molecular weight is 549 g/mol. The number of nitrogens with zero attached hydrogens (tertiary/aromatic N) is 4. The van der Waals surface area contributed by atoms with Gasteiger partial charge in [-0.25, -0.2) is 4.39 Å². The summed E-state index contributed by atoms with van der Waals surface area (Å²) in [6.07, 6.45) is -3.77. The van der Waals surface area contributed by atoms with Gasteiger partial charge in [0.15, 0.2) is 12.4 Å². The highest BCUT2D eigenvalue weighted by Crippen LogP contribution is 2.22. The second kappa shape index (κ2) is 13.3. The number of anilines is 1. The number of benzene rings is 2. The predicted octanol–water partition coefficient (Wildman–Crippen LogP) is 3.68. The number of morpholine rings is 1. The summed E-state index contributed by atoms with van der Waals surface area (Å²) in [6, 6.07) is 11.5. The monoisotopic (exact) mass is 548 g/mol. The molecule has 0 aliphatic carbocycles. The Bertz CT molecular complexity index is 1220. The van der Waals surface area contributed by atoms with E-state index in [0.717, 1.165) is 39.3 Å². The van der Waals surface area contributed by atoms with Crippen LogP contribution >= 0.6 is 0 Å². The minimum atomic E-state index is -4.58. The lowest BCUT2D eigenvalue weighted by atomic mass is 10.1. The zero-order valence-electron chi connectivity index (χ0n) is 21.0. The molecule has 1 amide bonds. The molecule has 1 aliphatic rings. The van der Waals surface area contributed by atoms with Crippen LogP contribution in [0, 0.1) is 5.82 Å². The van der Waals surface area contributed by atoms with Crippen LogP contribution in [0.3, 0.4) is 0 Å². The molecule has 4 rings (SSSR count). The van der Waals surface area contributed by atoms with Gasteiger partial charge in [-0.3, -0.25) is 9.69 Å². The van der Waals surface area contributed by atoms with Crippen LogP contribution in [0.4, 0.5) is 23.5 Å². The first-order chi connectivity index (χ1) is 18.7. The SMILES string of the molecule is O=C(NCCCN1CCOCC1)c1ccc(-c2nc(NCc3ccc(F)cc3)nc(OCC(F)(F)F)n2)cc1. The molecule has 3 aromatic rings. The van der Waals surface area contributed by atoms with Crippen LogP contribution < -0.4 is 15.4 Å².